The largest absolute Gasteiger partial charge is 0.506 e. The Morgan fingerprint density at radius 3 is 2.51 bits per heavy atom. The Labute approximate surface area is 242 Å². The van der Waals surface area contributed by atoms with Crippen LogP contribution in [0.15, 0.2) is 47.4 Å². The van der Waals surface area contributed by atoms with E-state index in [0.717, 1.165) is 68.0 Å². The predicted octanol–water partition coefficient (Wildman–Crippen LogP) is 6.15. The van der Waals surface area contributed by atoms with Crippen molar-refractivity contribution in [1.82, 2.24) is 9.47 Å². The van der Waals surface area contributed by atoms with E-state index >= 15 is 0 Å². The van der Waals surface area contributed by atoms with Gasteiger partial charge in [-0.25, -0.2) is 0 Å². The molecule has 3 heterocycles. The van der Waals surface area contributed by atoms with E-state index in [1.165, 1.54) is 16.3 Å². The first kappa shape index (κ1) is 28.1. The number of anilines is 2. The summed E-state index contributed by atoms with van der Waals surface area (Å²) in [6, 6.07) is 13.4. The summed E-state index contributed by atoms with van der Waals surface area (Å²) in [5, 5.41) is 17.6. The summed E-state index contributed by atoms with van der Waals surface area (Å²) in [4.78, 5) is 3.53. The molecule has 218 valence electrons. The number of aromatic hydroxyl groups is 1. The molecule has 0 radical (unpaired) electrons. The van der Waals surface area contributed by atoms with Crippen LogP contribution in [0.25, 0.3) is 10.9 Å². The highest BCUT2D eigenvalue weighted by Crippen LogP contribution is 2.41. The fourth-order valence-electron chi connectivity index (χ4n) is 6.38. The van der Waals surface area contributed by atoms with Crippen molar-refractivity contribution in [2.45, 2.75) is 55.4 Å². The number of phenols is 1. The van der Waals surface area contributed by atoms with Gasteiger partial charge >= 0.3 is 6.18 Å². The number of fused-ring (bicyclic) bond motifs is 1. The van der Waals surface area contributed by atoms with Gasteiger partial charge in [-0.3, -0.25) is 4.90 Å². The summed E-state index contributed by atoms with van der Waals surface area (Å²) in [5.74, 6) is 5.98. The number of phenolic OH excluding ortho intramolecular Hbond substituents is 1. The van der Waals surface area contributed by atoms with Gasteiger partial charge in [0.15, 0.2) is 0 Å². The molecule has 0 atom stereocenters. The van der Waals surface area contributed by atoms with Crippen molar-refractivity contribution < 1.29 is 23.0 Å². The van der Waals surface area contributed by atoms with Gasteiger partial charge in [-0.15, -0.1) is 11.8 Å². The maximum atomic E-state index is 13.6. The van der Waals surface area contributed by atoms with Crippen molar-refractivity contribution in [2.24, 2.45) is 5.41 Å². The van der Waals surface area contributed by atoms with Crippen molar-refractivity contribution in [2.75, 3.05) is 49.7 Å². The number of benzene rings is 2. The lowest BCUT2D eigenvalue weighted by atomic mass is 9.75. The van der Waals surface area contributed by atoms with Crippen LogP contribution in [-0.2, 0) is 11.3 Å². The average molecular weight is 585 g/mol. The maximum Gasteiger partial charge on any atom is 0.406 e. The van der Waals surface area contributed by atoms with Gasteiger partial charge in [-0.1, -0.05) is 12.0 Å². The highest BCUT2D eigenvalue weighted by atomic mass is 32.2. The Hall–Kier alpha value is -3.00. The molecule has 0 amide bonds. The van der Waals surface area contributed by atoms with Gasteiger partial charge in [0, 0.05) is 46.6 Å². The zero-order valence-electron chi connectivity index (χ0n) is 23.1. The van der Waals surface area contributed by atoms with E-state index in [2.05, 4.69) is 27.4 Å². The van der Waals surface area contributed by atoms with Crippen LogP contribution in [-0.4, -0.2) is 71.9 Å². The lowest BCUT2D eigenvalue weighted by Gasteiger charge is -2.58. The SMILES string of the molecule is CSc1ccc(NCC#Cc2cc3c(NC4CCC(N5CC6(COC6)C5)CC4)cccc3n2CC(F)(F)F)c(O)c1. The Bertz CT molecular complexity index is 1460. The minimum absolute atomic E-state index is 0.108. The normalized spacial score (nSPS) is 22.0. The third kappa shape index (κ3) is 6.13. The molecule has 2 aliphatic heterocycles. The molecular formula is C31H35F3N4O2S. The van der Waals surface area contributed by atoms with Crippen LogP contribution in [0.3, 0.4) is 0 Å². The standard InChI is InChI=1S/C31H35F3N4O2S/c1-41-24-11-12-27(29(39)15-24)35-13-3-4-23-14-25-26(5-2-6-28(25)38(23)18-31(32,33)34)36-21-7-9-22(10-8-21)37-16-30(17-37)19-40-20-30/h2,5-6,11-12,14-15,21-22,35-36,39H,7-10,13,16-20H2,1H3. The van der Waals surface area contributed by atoms with Gasteiger partial charge in [-0.2, -0.15) is 13.2 Å². The number of aromatic nitrogens is 1. The molecule has 3 N–H and O–H groups in total. The number of likely N-dealkylation sites (tertiary alicyclic amines) is 1. The minimum Gasteiger partial charge on any atom is -0.506 e. The lowest BCUT2D eigenvalue weighted by molar-refractivity contribution is -0.200. The zero-order chi connectivity index (χ0) is 28.6. The topological polar surface area (TPSA) is 61.7 Å². The molecule has 41 heavy (non-hydrogen) atoms. The minimum atomic E-state index is -4.38. The van der Waals surface area contributed by atoms with Crippen LogP contribution in [0, 0.1) is 17.3 Å². The smallest absolute Gasteiger partial charge is 0.406 e. The summed E-state index contributed by atoms with van der Waals surface area (Å²) < 4.78 is 47.4. The summed E-state index contributed by atoms with van der Waals surface area (Å²) in [7, 11) is 0. The number of nitrogens with one attached hydrogen (secondary N) is 2. The first-order chi connectivity index (χ1) is 19.7. The van der Waals surface area contributed by atoms with Crippen molar-refractivity contribution in [1.29, 1.82) is 0 Å². The Balaban J connectivity index is 1.15. The number of alkyl halides is 3. The number of thioether (sulfide) groups is 1. The molecule has 0 unspecified atom stereocenters. The molecular weight excluding hydrogens is 549 g/mol. The van der Waals surface area contributed by atoms with Gasteiger partial charge in [0.1, 0.15) is 12.3 Å². The monoisotopic (exact) mass is 584 g/mol. The quantitative estimate of drug-likeness (QED) is 0.176. The van der Waals surface area contributed by atoms with Crippen molar-refractivity contribution in [3.05, 3.63) is 48.2 Å². The number of halogens is 3. The maximum absolute atomic E-state index is 13.6. The van der Waals surface area contributed by atoms with Gasteiger partial charge in [-0.05, 0) is 74.3 Å². The Morgan fingerprint density at radius 1 is 1.07 bits per heavy atom. The molecule has 2 saturated heterocycles. The second-order valence-corrected chi connectivity index (χ2v) is 12.4. The van der Waals surface area contributed by atoms with Gasteiger partial charge in [0.2, 0.25) is 0 Å². The van der Waals surface area contributed by atoms with Crippen LogP contribution in [0.4, 0.5) is 24.5 Å². The molecule has 3 aromatic rings. The third-order valence-electron chi connectivity index (χ3n) is 8.54. The van der Waals surface area contributed by atoms with Crippen LogP contribution in [0.2, 0.25) is 0 Å². The molecule has 10 heteroatoms. The van der Waals surface area contributed by atoms with E-state index in [0.29, 0.717) is 28.4 Å². The number of rotatable bonds is 7. The summed E-state index contributed by atoms with van der Waals surface area (Å²) >= 11 is 1.52. The fourth-order valence-corrected chi connectivity index (χ4v) is 6.81. The van der Waals surface area contributed by atoms with Gasteiger partial charge < -0.3 is 25.0 Å². The summed E-state index contributed by atoms with van der Waals surface area (Å²) in [6.07, 6.45) is 1.86. The second kappa shape index (κ2) is 11.3. The molecule has 6 rings (SSSR count). The van der Waals surface area contributed by atoms with Crippen LogP contribution < -0.4 is 10.6 Å². The van der Waals surface area contributed by atoms with Crippen LogP contribution in [0.1, 0.15) is 31.4 Å². The lowest BCUT2D eigenvalue weighted by Crippen LogP contribution is -2.68. The molecule has 1 spiro atoms. The highest BCUT2D eigenvalue weighted by molar-refractivity contribution is 7.98. The van der Waals surface area contributed by atoms with Crippen LogP contribution >= 0.6 is 11.8 Å². The van der Waals surface area contributed by atoms with E-state index in [-0.39, 0.29) is 18.3 Å². The molecule has 0 bridgehead atoms. The van der Waals surface area contributed by atoms with Crippen LogP contribution in [0.5, 0.6) is 5.75 Å². The average Bonchev–Trinajstić information content (AvgIpc) is 3.23. The zero-order valence-corrected chi connectivity index (χ0v) is 23.9. The van der Waals surface area contributed by atoms with Gasteiger partial charge in [0.05, 0.1) is 36.7 Å². The number of ether oxygens (including phenoxy) is 1. The van der Waals surface area contributed by atoms with E-state index in [1.54, 1.807) is 24.3 Å². The Kier molecular flexibility index (Phi) is 7.79. The number of hydrogen-bond donors (Lipinski definition) is 3. The second-order valence-electron chi connectivity index (χ2n) is 11.6. The van der Waals surface area contributed by atoms with E-state index in [9.17, 15) is 18.3 Å². The molecule has 6 nitrogen and oxygen atoms in total. The molecule has 1 saturated carbocycles. The molecule has 2 aromatic carbocycles. The van der Waals surface area contributed by atoms with E-state index in [4.69, 9.17) is 4.74 Å². The molecule has 1 aromatic heterocycles. The molecule has 1 aliphatic carbocycles. The number of hydrogen-bond acceptors (Lipinski definition) is 6. The van der Waals surface area contributed by atoms with Crippen molar-refractivity contribution >= 4 is 34.0 Å². The van der Waals surface area contributed by atoms with E-state index in [1.807, 2.05) is 24.5 Å². The summed E-state index contributed by atoms with van der Waals surface area (Å²) in [6.45, 7) is 3.16. The fraction of sp³-hybridized carbons (Fsp3) is 0.484. The molecule has 3 aliphatic rings. The van der Waals surface area contributed by atoms with Gasteiger partial charge in [0.25, 0.3) is 0 Å². The Morgan fingerprint density at radius 2 is 1.85 bits per heavy atom. The highest BCUT2D eigenvalue weighted by Gasteiger charge is 2.50. The predicted molar refractivity (Wildman–Crippen MR) is 158 cm³/mol. The first-order valence-electron chi connectivity index (χ1n) is 14.1. The first-order valence-corrected chi connectivity index (χ1v) is 15.3. The van der Waals surface area contributed by atoms with Crippen molar-refractivity contribution in [3.63, 3.8) is 0 Å². The summed E-state index contributed by atoms with van der Waals surface area (Å²) in [5.41, 5.74) is 2.62. The third-order valence-corrected chi connectivity index (χ3v) is 9.26. The molecule has 3 fully saturated rings. The number of nitrogens with zero attached hydrogens (tertiary/aromatic N) is 2. The van der Waals surface area contributed by atoms with Crippen molar-refractivity contribution in [3.8, 4) is 17.6 Å². The van der Waals surface area contributed by atoms with E-state index < -0.39 is 12.7 Å².